The highest BCUT2D eigenvalue weighted by Gasteiger charge is 2.36. The molecule has 0 saturated carbocycles. The second-order valence-corrected chi connectivity index (χ2v) is 7.44. The van der Waals surface area contributed by atoms with E-state index in [0.717, 1.165) is 30.7 Å². The first-order valence-electron chi connectivity index (χ1n) is 9.35. The molecule has 0 spiro atoms. The first-order chi connectivity index (χ1) is 13.0. The summed E-state index contributed by atoms with van der Waals surface area (Å²) < 4.78 is 4.98. The summed E-state index contributed by atoms with van der Waals surface area (Å²) in [5, 5.41) is 12.5. The van der Waals surface area contributed by atoms with Gasteiger partial charge in [-0.15, -0.1) is 11.3 Å². The summed E-state index contributed by atoms with van der Waals surface area (Å²) in [4.78, 5) is 41.8. The third-order valence-corrected chi connectivity index (χ3v) is 5.56. The Hall–Kier alpha value is -2.00. The minimum atomic E-state index is -0.460. The van der Waals surface area contributed by atoms with Crippen molar-refractivity contribution in [1.82, 2.24) is 14.9 Å². The topological polar surface area (TPSA) is 100 Å². The zero-order valence-electron chi connectivity index (χ0n) is 15.8. The van der Waals surface area contributed by atoms with E-state index in [2.05, 4.69) is 4.98 Å². The number of unbranched alkanes of at least 4 members (excludes halogenated alkanes) is 1. The third-order valence-electron chi connectivity index (χ3n) is 4.61. The van der Waals surface area contributed by atoms with E-state index in [4.69, 9.17) is 4.74 Å². The van der Waals surface area contributed by atoms with E-state index >= 15 is 0 Å². The molecule has 1 fully saturated rings. The van der Waals surface area contributed by atoms with Gasteiger partial charge < -0.3 is 9.64 Å². The van der Waals surface area contributed by atoms with Crippen LogP contribution in [0.2, 0.25) is 0 Å². The predicted octanol–water partition coefficient (Wildman–Crippen LogP) is 2.64. The second kappa shape index (κ2) is 10.4. The lowest BCUT2D eigenvalue weighted by Gasteiger charge is -2.28. The van der Waals surface area contributed by atoms with Crippen molar-refractivity contribution in [1.29, 1.82) is 0 Å². The molecule has 1 aliphatic heterocycles. The van der Waals surface area contributed by atoms with Gasteiger partial charge in [0.15, 0.2) is 5.69 Å². The van der Waals surface area contributed by atoms with Crippen LogP contribution in [0, 0.1) is 5.92 Å². The molecule has 150 valence electrons. The number of aromatic nitrogens is 1. The van der Waals surface area contributed by atoms with Crippen LogP contribution in [0.1, 0.15) is 67.5 Å². The molecule has 2 heterocycles. The molecule has 1 saturated heterocycles. The summed E-state index contributed by atoms with van der Waals surface area (Å²) in [5.74, 6) is -0.997. The Balaban J connectivity index is 2.13. The van der Waals surface area contributed by atoms with Crippen LogP contribution in [-0.4, -0.2) is 58.1 Å². The number of amides is 2. The van der Waals surface area contributed by atoms with Crippen LogP contribution >= 0.6 is 11.3 Å². The molecular weight excluding hydrogens is 370 g/mol. The van der Waals surface area contributed by atoms with E-state index < -0.39 is 11.9 Å². The maximum Gasteiger partial charge on any atom is 0.357 e. The van der Waals surface area contributed by atoms with Crippen LogP contribution in [0.3, 0.4) is 0 Å². The molecule has 27 heavy (non-hydrogen) atoms. The number of nitrogens with zero attached hydrogens (tertiary/aromatic N) is 3. The van der Waals surface area contributed by atoms with Crippen LogP contribution in [-0.2, 0) is 14.3 Å². The van der Waals surface area contributed by atoms with Gasteiger partial charge in [-0.05, 0) is 26.2 Å². The van der Waals surface area contributed by atoms with E-state index in [1.54, 1.807) is 17.2 Å². The van der Waals surface area contributed by atoms with Crippen LogP contribution < -0.4 is 0 Å². The molecule has 0 radical (unpaired) electrons. The Kier molecular flexibility index (Phi) is 8.18. The Morgan fingerprint density at radius 3 is 2.96 bits per heavy atom. The highest BCUT2D eigenvalue weighted by atomic mass is 32.1. The van der Waals surface area contributed by atoms with Crippen LogP contribution in [0.25, 0.3) is 0 Å². The predicted molar refractivity (Wildman–Crippen MR) is 99.3 cm³/mol. The number of ether oxygens (including phenoxy) is 1. The monoisotopic (exact) mass is 397 g/mol. The average Bonchev–Trinajstić information content (AvgIpc) is 3.33. The molecule has 1 aromatic rings. The van der Waals surface area contributed by atoms with Crippen molar-refractivity contribution in [3.63, 3.8) is 0 Å². The normalized spacial score (nSPS) is 17.6. The van der Waals surface area contributed by atoms with Gasteiger partial charge in [0.25, 0.3) is 0 Å². The molecule has 0 unspecified atom stereocenters. The van der Waals surface area contributed by atoms with E-state index in [9.17, 15) is 19.6 Å². The Labute approximate surface area is 163 Å². The van der Waals surface area contributed by atoms with Gasteiger partial charge in [-0.25, -0.2) is 14.8 Å². The second-order valence-electron chi connectivity index (χ2n) is 6.55. The standard InChI is InChI=1S/C18H27N3O5S/c1-3-5-7-13(10-20(25)12-22)17(23)21-9-6-8-15(21)16-19-14(11-27-16)18(24)26-4-2/h11-13,15,25H,3-10H2,1-2H3/t13-,15+/m1/s1. The maximum absolute atomic E-state index is 13.1. The number of hydroxylamine groups is 2. The fraction of sp³-hybridized carbons (Fsp3) is 0.667. The molecule has 1 N–H and O–H groups in total. The lowest BCUT2D eigenvalue weighted by Crippen LogP contribution is -2.40. The fourth-order valence-electron chi connectivity index (χ4n) is 3.27. The van der Waals surface area contributed by atoms with Gasteiger partial charge in [0.2, 0.25) is 12.3 Å². The maximum atomic E-state index is 13.1. The van der Waals surface area contributed by atoms with Crippen molar-refractivity contribution in [2.75, 3.05) is 19.7 Å². The summed E-state index contributed by atoms with van der Waals surface area (Å²) in [7, 11) is 0. The van der Waals surface area contributed by atoms with Gasteiger partial charge in [0, 0.05) is 11.9 Å². The summed E-state index contributed by atoms with van der Waals surface area (Å²) in [5.41, 5.74) is 0.265. The summed E-state index contributed by atoms with van der Waals surface area (Å²) in [6.45, 7) is 4.64. The van der Waals surface area contributed by atoms with Gasteiger partial charge in [-0.1, -0.05) is 19.8 Å². The minimum Gasteiger partial charge on any atom is -0.461 e. The number of hydrogen-bond acceptors (Lipinski definition) is 7. The summed E-state index contributed by atoms with van der Waals surface area (Å²) in [6, 6.07) is -0.182. The van der Waals surface area contributed by atoms with Gasteiger partial charge >= 0.3 is 5.97 Å². The first-order valence-corrected chi connectivity index (χ1v) is 10.2. The van der Waals surface area contributed by atoms with Crippen molar-refractivity contribution in [2.24, 2.45) is 5.92 Å². The number of hydrogen-bond donors (Lipinski definition) is 1. The van der Waals surface area contributed by atoms with Crippen molar-refractivity contribution >= 4 is 29.6 Å². The zero-order valence-corrected chi connectivity index (χ0v) is 16.6. The summed E-state index contributed by atoms with van der Waals surface area (Å²) in [6.07, 6.45) is 4.32. The van der Waals surface area contributed by atoms with E-state index in [0.29, 0.717) is 24.4 Å². The molecule has 2 rings (SSSR count). The first kappa shape index (κ1) is 21.3. The molecule has 8 nitrogen and oxygen atoms in total. The lowest BCUT2D eigenvalue weighted by atomic mass is 10.00. The molecule has 0 aromatic carbocycles. The SMILES string of the molecule is CCCC[C@H](CN(O)C=O)C(=O)N1CCC[C@H]1c1nc(C(=O)OCC)cs1. The Morgan fingerprint density at radius 1 is 1.52 bits per heavy atom. The fourth-order valence-corrected chi connectivity index (χ4v) is 4.21. The molecule has 9 heteroatoms. The van der Waals surface area contributed by atoms with Crippen molar-refractivity contribution in [3.8, 4) is 0 Å². The zero-order chi connectivity index (χ0) is 19.8. The number of esters is 1. The van der Waals surface area contributed by atoms with Gasteiger partial charge in [0.05, 0.1) is 25.1 Å². The number of thiazole rings is 1. The molecule has 0 aliphatic carbocycles. The van der Waals surface area contributed by atoms with Crippen LogP contribution in [0.5, 0.6) is 0 Å². The lowest BCUT2D eigenvalue weighted by molar-refractivity contribution is -0.157. The minimum absolute atomic E-state index is 0.0164. The van der Waals surface area contributed by atoms with Crippen molar-refractivity contribution < 1.29 is 24.3 Å². The highest BCUT2D eigenvalue weighted by molar-refractivity contribution is 7.09. The molecular formula is C18H27N3O5S. The smallest absolute Gasteiger partial charge is 0.357 e. The Bertz CT molecular complexity index is 651. The highest BCUT2D eigenvalue weighted by Crippen LogP contribution is 2.35. The van der Waals surface area contributed by atoms with Crippen LogP contribution in [0.4, 0.5) is 0 Å². The average molecular weight is 397 g/mol. The quantitative estimate of drug-likeness (QED) is 0.282. The molecule has 2 amide bonds. The molecule has 1 aromatic heterocycles. The Morgan fingerprint density at radius 2 is 2.30 bits per heavy atom. The number of likely N-dealkylation sites (tertiary alicyclic amines) is 1. The third kappa shape index (κ3) is 5.49. The number of rotatable bonds is 10. The van der Waals surface area contributed by atoms with Gasteiger partial charge in [-0.2, -0.15) is 0 Å². The van der Waals surface area contributed by atoms with E-state index in [1.165, 1.54) is 11.3 Å². The van der Waals surface area contributed by atoms with E-state index in [-0.39, 0.29) is 30.8 Å². The number of carbonyl (C=O) groups excluding carboxylic acids is 3. The molecule has 2 atom stereocenters. The van der Waals surface area contributed by atoms with Crippen LogP contribution in [0.15, 0.2) is 5.38 Å². The van der Waals surface area contributed by atoms with Crippen molar-refractivity contribution in [2.45, 2.75) is 52.0 Å². The molecule has 1 aliphatic rings. The van der Waals surface area contributed by atoms with Gasteiger partial charge in [-0.3, -0.25) is 14.8 Å². The van der Waals surface area contributed by atoms with E-state index in [1.807, 2.05) is 6.92 Å². The summed E-state index contributed by atoms with van der Waals surface area (Å²) >= 11 is 1.35. The number of carbonyl (C=O) groups is 3. The molecule has 0 bridgehead atoms. The largest absolute Gasteiger partial charge is 0.461 e. The van der Waals surface area contributed by atoms with Crippen molar-refractivity contribution in [3.05, 3.63) is 16.1 Å². The van der Waals surface area contributed by atoms with Gasteiger partial charge in [0.1, 0.15) is 5.01 Å².